The van der Waals surface area contributed by atoms with Crippen LogP contribution in [0.25, 0.3) is 22.0 Å². The van der Waals surface area contributed by atoms with Crippen LogP contribution in [0.1, 0.15) is 35.8 Å². The average Bonchev–Trinajstić information content (AvgIpc) is 3.22. The lowest BCUT2D eigenvalue weighted by molar-refractivity contribution is 0.407. The summed E-state index contributed by atoms with van der Waals surface area (Å²) in [5.41, 5.74) is 4.44. The van der Waals surface area contributed by atoms with E-state index in [1.54, 1.807) is 11.6 Å². The molecule has 0 saturated carbocycles. The SMILES string of the molecule is Cc1cccc2oc(C3CCN(c4c(C#N)c(=O)n(C)c5ccccc45)CC3)nc12. The number of oxazole rings is 1. The van der Waals surface area contributed by atoms with Crippen molar-refractivity contribution in [2.24, 2.45) is 7.05 Å². The van der Waals surface area contributed by atoms with Gasteiger partial charge >= 0.3 is 0 Å². The van der Waals surface area contributed by atoms with Crippen LogP contribution < -0.4 is 10.5 Å². The van der Waals surface area contributed by atoms with Crippen molar-refractivity contribution in [1.82, 2.24) is 9.55 Å². The molecule has 4 aromatic rings. The molecule has 6 nitrogen and oxygen atoms in total. The van der Waals surface area contributed by atoms with Crippen LogP contribution in [0.3, 0.4) is 0 Å². The Morgan fingerprint density at radius 3 is 2.63 bits per heavy atom. The third-order valence-corrected chi connectivity index (χ3v) is 6.19. The van der Waals surface area contributed by atoms with Gasteiger partial charge in [-0.1, -0.05) is 30.3 Å². The molecule has 0 spiro atoms. The van der Waals surface area contributed by atoms with Crippen LogP contribution in [0.2, 0.25) is 0 Å². The van der Waals surface area contributed by atoms with Crippen molar-refractivity contribution >= 4 is 27.7 Å². The molecule has 30 heavy (non-hydrogen) atoms. The Balaban J connectivity index is 1.49. The quantitative estimate of drug-likeness (QED) is 0.505. The van der Waals surface area contributed by atoms with Gasteiger partial charge < -0.3 is 13.9 Å². The molecule has 0 aliphatic carbocycles. The Hall–Kier alpha value is -3.59. The summed E-state index contributed by atoms with van der Waals surface area (Å²) in [6.45, 7) is 3.53. The van der Waals surface area contributed by atoms with E-state index in [4.69, 9.17) is 9.40 Å². The van der Waals surface area contributed by atoms with Crippen molar-refractivity contribution in [3.63, 3.8) is 0 Å². The van der Waals surface area contributed by atoms with Gasteiger partial charge in [0.25, 0.3) is 5.56 Å². The van der Waals surface area contributed by atoms with Gasteiger partial charge in [-0.2, -0.15) is 5.26 Å². The van der Waals surface area contributed by atoms with Gasteiger partial charge in [0.2, 0.25) is 0 Å². The van der Waals surface area contributed by atoms with E-state index in [-0.39, 0.29) is 17.0 Å². The van der Waals surface area contributed by atoms with Gasteiger partial charge in [0.15, 0.2) is 11.5 Å². The molecule has 1 aliphatic rings. The number of pyridine rings is 1. The molecular formula is C24H22N4O2. The molecule has 1 aliphatic heterocycles. The zero-order valence-electron chi connectivity index (χ0n) is 17.1. The molecule has 0 N–H and O–H groups in total. The third kappa shape index (κ3) is 2.78. The summed E-state index contributed by atoms with van der Waals surface area (Å²) in [7, 11) is 1.72. The highest BCUT2D eigenvalue weighted by atomic mass is 16.3. The second-order valence-electron chi connectivity index (χ2n) is 7.95. The molecule has 0 atom stereocenters. The van der Waals surface area contributed by atoms with Gasteiger partial charge in [0.1, 0.15) is 17.1 Å². The highest BCUT2D eigenvalue weighted by molar-refractivity contribution is 5.95. The number of rotatable bonds is 2. The molecule has 2 aromatic carbocycles. The number of nitrogens with zero attached hydrogens (tertiary/aromatic N) is 4. The summed E-state index contributed by atoms with van der Waals surface area (Å²) in [4.78, 5) is 19.7. The predicted octanol–water partition coefficient (Wildman–Crippen LogP) is 4.24. The van der Waals surface area contributed by atoms with Crippen LogP contribution in [0.15, 0.2) is 51.7 Å². The number of nitriles is 1. The van der Waals surface area contributed by atoms with E-state index in [1.165, 1.54) is 0 Å². The Kier molecular flexibility index (Phi) is 4.32. The van der Waals surface area contributed by atoms with Crippen LogP contribution in [0.5, 0.6) is 0 Å². The summed E-state index contributed by atoms with van der Waals surface area (Å²) in [6.07, 6.45) is 1.72. The van der Waals surface area contributed by atoms with Crippen LogP contribution >= 0.6 is 0 Å². The fourth-order valence-corrected chi connectivity index (χ4v) is 4.54. The smallest absolute Gasteiger partial charge is 0.270 e. The lowest BCUT2D eigenvalue weighted by atomic mass is 9.95. The number of para-hydroxylation sites is 2. The van der Waals surface area contributed by atoms with E-state index in [0.717, 1.165) is 65.1 Å². The normalized spacial score (nSPS) is 15.0. The summed E-state index contributed by atoms with van der Waals surface area (Å²) in [5.74, 6) is 1.02. The van der Waals surface area contributed by atoms with Gasteiger partial charge in [0.05, 0.1) is 11.2 Å². The third-order valence-electron chi connectivity index (χ3n) is 6.19. The van der Waals surface area contributed by atoms with Crippen molar-refractivity contribution in [2.45, 2.75) is 25.7 Å². The number of aromatic nitrogens is 2. The number of hydrogen-bond acceptors (Lipinski definition) is 5. The molecule has 150 valence electrons. The van der Waals surface area contributed by atoms with E-state index in [2.05, 4.69) is 11.0 Å². The molecule has 0 amide bonds. The molecule has 1 fully saturated rings. The Morgan fingerprint density at radius 2 is 1.90 bits per heavy atom. The zero-order chi connectivity index (χ0) is 20.8. The number of fused-ring (bicyclic) bond motifs is 2. The summed E-state index contributed by atoms with van der Waals surface area (Å²) >= 11 is 0. The van der Waals surface area contributed by atoms with Crippen molar-refractivity contribution < 1.29 is 4.42 Å². The molecule has 2 aromatic heterocycles. The molecule has 3 heterocycles. The van der Waals surface area contributed by atoms with E-state index in [0.29, 0.717) is 0 Å². The molecule has 0 bridgehead atoms. The second kappa shape index (κ2) is 7.03. The molecule has 1 saturated heterocycles. The predicted molar refractivity (Wildman–Crippen MR) is 117 cm³/mol. The van der Waals surface area contributed by atoms with E-state index in [9.17, 15) is 10.1 Å². The highest BCUT2D eigenvalue weighted by Crippen LogP contribution is 2.35. The highest BCUT2D eigenvalue weighted by Gasteiger charge is 2.28. The van der Waals surface area contributed by atoms with Crippen LogP contribution in [-0.2, 0) is 7.05 Å². The first-order valence-electron chi connectivity index (χ1n) is 10.2. The van der Waals surface area contributed by atoms with Crippen molar-refractivity contribution in [3.05, 3.63) is 69.8 Å². The first kappa shape index (κ1) is 18.4. The van der Waals surface area contributed by atoms with Gasteiger partial charge in [-0.15, -0.1) is 0 Å². The second-order valence-corrected chi connectivity index (χ2v) is 7.95. The van der Waals surface area contributed by atoms with E-state index >= 15 is 0 Å². The average molecular weight is 398 g/mol. The van der Waals surface area contributed by atoms with Gasteiger partial charge in [-0.25, -0.2) is 4.98 Å². The number of benzene rings is 2. The first-order chi connectivity index (χ1) is 14.6. The molecule has 6 heteroatoms. The summed E-state index contributed by atoms with van der Waals surface area (Å²) in [5, 5.41) is 10.7. The standard InChI is InChI=1S/C24H22N4O2/c1-15-6-5-9-20-21(15)26-23(30-20)16-10-12-28(13-11-16)22-17-7-3-4-8-19(17)27(2)24(29)18(22)14-25/h3-9,16H,10-13H2,1-2H3. The fraction of sp³-hybridized carbons (Fsp3) is 0.292. The summed E-state index contributed by atoms with van der Waals surface area (Å²) < 4.78 is 7.60. The monoisotopic (exact) mass is 398 g/mol. The molecule has 0 unspecified atom stereocenters. The van der Waals surface area contributed by atoms with Crippen LogP contribution in [-0.4, -0.2) is 22.6 Å². The largest absolute Gasteiger partial charge is 0.440 e. The van der Waals surface area contributed by atoms with Crippen molar-refractivity contribution in [1.29, 1.82) is 5.26 Å². The topological polar surface area (TPSA) is 75.1 Å². The molecular weight excluding hydrogens is 376 g/mol. The number of piperidine rings is 1. The maximum atomic E-state index is 12.8. The lowest BCUT2D eigenvalue weighted by Crippen LogP contribution is -2.35. The Bertz CT molecular complexity index is 1370. The number of aryl methyl sites for hydroxylation is 2. The van der Waals surface area contributed by atoms with Crippen molar-refractivity contribution in [2.75, 3.05) is 18.0 Å². The first-order valence-corrected chi connectivity index (χ1v) is 10.2. The van der Waals surface area contributed by atoms with Gasteiger partial charge in [0, 0.05) is 31.4 Å². The van der Waals surface area contributed by atoms with Gasteiger partial charge in [-0.3, -0.25) is 4.79 Å². The molecule has 5 rings (SSSR count). The van der Waals surface area contributed by atoms with Crippen LogP contribution in [0.4, 0.5) is 5.69 Å². The van der Waals surface area contributed by atoms with E-state index < -0.39 is 0 Å². The minimum atomic E-state index is -0.247. The molecule has 0 radical (unpaired) electrons. The van der Waals surface area contributed by atoms with Crippen molar-refractivity contribution in [3.8, 4) is 6.07 Å². The maximum absolute atomic E-state index is 12.8. The zero-order valence-corrected chi connectivity index (χ0v) is 17.1. The minimum Gasteiger partial charge on any atom is -0.440 e. The summed E-state index contributed by atoms with van der Waals surface area (Å²) in [6, 6.07) is 15.9. The maximum Gasteiger partial charge on any atom is 0.270 e. The fourth-order valence-electron chi connectivity index (χ4n) is 4.54. The number of anilines is 1. The Morgan fingerprint density at radius 1 is 1.13 bits per heavy atom. The Labute approximate surface area is 174 Å². The number of hydrogen-bond donors (Lipinski definition) is 0. The van der Waals surface area contributed by atoms with E-state index in [1.807, 2.05) is 49.4 Å². The minimum absolute atomic E-state index is 0.215. The van der Waals surface area contributed by atoms with Crippen LogP contribution in [0, 0.1) is 18.3 Å². The van der Waals surface area contributed by atoms with Gasteiger partial charge in [-0.05, 0) is 37.5 Å². The lowest BCUT2D eigenvalue weighted by Gasteiger charge is -2.33.